The fraction of sp³-hybridized carbons (Fsp3) is 0.400. The number of amides is 1. The highest BCUT2D eigenvalue weighted by molar-refractivity contribution is 6.30. The molecule has 0 saturated heterocycles. The molecule has 0 aliphatic carbocycles. The molecule has 1 aromatic carbocycles. The van der Waals surface area contributed by atoms with Crippen molar-refractivity contribution >= 4 is 17.5 Å². The molecule has 112 valence electrons. The van der Waals surface area contributed by atoms with Crippen LogP contribution in [0.5, 0.6) is 0 Å². The summed E-state index contributed by atoms with van der Waals surface area (Å²) in [7, 11) is 1.79. The van der Waals surface area contributed by atoms with Crippen LogP contribution in [0, 0.1) is 6.92 Å². The molecule has 2 rings (SSSR count). The summed E-state index contributed by atoms with van der Waals surface area (Å²) >= 11 is 5.97. The van der Waals surface area contributed by atoms with E-state index in [0.717, 1.165) is 25.1 Å². The predicted molar refractivity (Wildman–Crippen MR) is 83.0 cm³/mol. The number of hydrogen-bond acceptors (Lipinski definition) is 3. The molecule has 0 aliphatic rings. The predicted octanol–water partition coefficient (Wildman–Crippen LogP) is 3.10. The topological polar surface area (TPSA) is 51.0 Å². The highest BCUT2D eigenvalue weighted by Gasteiger charge is 2.19. The van der Waals surface area contributed by atoms with Gasteiger partial charge >= 0.3 is 0 Å². The Bertz CT molecular complexity index is 638. The maximum atomic E-state index is 12.4. The Hall–Kier alpha value is -1.88. The Kier molecular flexibility index (Phi) is 4.96. The number of benzene rings is 1. The molecule has 0 unspecified atom stereocenters. The van der Waals surface area contributed by atoms with Gasteiger partial charge in [-0.1, -0.05) is 31.0 Å². The van der Waals surface area contributed by atoms with Crippen LogP contribution in [-0.2, 0) is 0 Å². The van der Waals surface area contributed by atoms with Crippen molar-refractivity contribution in [3.63, 3.8) is 0 Å². The van der Waals surface area contributed by atoms with Gasteiger partial charge in [0.25, 0.3) is 5.91 Å². The van der Waals surface area contributed by atoms with Crippen molar-refractivity contribution in [1.29, 1.82) is 0 Å². The number of halogens is 1. The summed E-state index contributed by atoms with van der Waals surface area (Å²) in [6.07, 6.45) is 2.02. The van der Waals surface area contributed by atoms with Gasteiger partial charge in [0.1, 0.15) is 0 Å². The van der Waals surface area contributed by atoms with Crippen LogP contribution in [0.4, 0.5) is 0 Å². The van der Waals surface area contributed by atoms with Gasteiger partial charge in [0.2, 0.25) is 0 Å². The Labute approximate surface area is 129 Å². The first kappa shape index (κ1) is 15.5. The number of aryl methyl sites for hydroxylation is 1. The van der Waals surface area contributed by atoms with Crippen LogP contribution in [0.2, 0.25) is 5.02 Å². The largest absolute Gasteiger partial charge is 0.340 e. The first-order valence-corrected chi connectivity index (χ1v) is 7.36. The summed E-state index contributed by atoms with van der Waals surface area (Å²) in [5, 5.41) is 9.22. The monoisotopic (exact) mass is 306 g/mol. The molecule has 0 aliphatic heterocycles. The number of rotatable bonds is 5. The molecule has 0 radical (unpaired) electrons. The second kappa shape index (κ2) is 6.72. The third-order valence-electron chi connectivity index (χ3n) is 3.22. The minimum absolute atomic E-state index is 0.103. The van der Waals surface area contributed by atoms with E-state index < -0.39 is 0 Å². The summed E-state index contributed by atoms with van der Waals surface area (Å²) in [5.41, 5.74) is 1.73. The average Bonchev–Trinajstić information content (AvgIpc) is 2.86. The van der Waals surface area contributed by atoms with Crippen molar-refractivity contribution in [3.8, 4) is 5.69 Å². The lowest BCUT2D eigenvalue weighted by atomic mass is 10.3. The minimum atomic E-state index is -0.103. The van der Waals surface area contributed by atoms with Gasteiger partial charge in [-0.2, -0.15) is 9.90 Å². The van der Waals surface area contributed by atoms with Gasteiger partial charge in [-0.15, -0.1) is 5.10 Å². The van der Waals surface area contributed by atoms with E-state index in [0.29, 0.717) is 16.4 Å². The smallest absolute Gasteiger partial charge is 0.276 e. The van der Waals surface area contributed by atoms with Gasteiger partial charge in [0.15, 0.2) is 5.69 Å². The molecule has 5 nitrogen and oxygen atoms in total. The van der Waals surface area contributed by atoms with E-state index in [1.807, 2.05) is 12.1 Å². The molecule has 0 bridgehead atoms. The van der Waals surface area contributed by atoms with Crippen LogP contribution in [0.15, 0.2) is 24.3 Å². The van der Waals surface area contributed by atoms with Crippen LogP contribution < -0.4 is 0 Å². The molecule has 21 heavy (non-hydrogen) atoms. The molecule has 1 amide bonds. The summed E-state index contributed by atoms with van der Waals surface area (Å²) in [4.78, 5) is 15.5. The SMILES string of the molecule is CCCCN(C)C(=O)c1nn(-c2cccc(Cl)c2)nc1C. The zero-order chi connectivity index (χ0) is 15.4. The van der Waals surface area contributed by atoms with Crippen molar-refractivity contribution in [3.05, 3.63) is 40.7 Å². The Balaban J connectivity index is 2.25. The molecule has 0 N–H and O–H groups in total. The lowest BCUT2D eigenvalue weighted by molar-refractivity contribution is 0.0786. The van der Waals surface area contributed by atoms with Gasteiger partial charge in [-0.25, -0.2) is 0 Å². The Morgan fingerprint density at radius 1 is 1.38 bits per heavy atom. The van der Waals surface area contributed by atoms with Crippen LogP contribution in [0.25, 0.3) is 5.69 Å². The van der Waals surface area contributed by atoms with E-state index in [1.165, 1.54) is 4.80 Å². The molecule has 0 spiro atoms. The Morgan fingerprint density at radius 2 is 2.14 bits per heavy atom. The maximum absolute atomic E-state index is 12.4. The van der Waals surface area contributed by atoms with Gasteiger partial charge in [-0.3, -0.25) is 4.79 Å². The standard InChI is InChI=1S/C15H19ClN4O/c1-4-5-9-19(3)15(21)14-11(2)17-20(18-14)13-8-6-7-12(16)10-13/h6-8,10H,4-5,9H2,1-3H3. The fourth-order valence-electron chi connectivity index (χ4n) is 1.97. The number of nitrogens with zero attached hydrogens (tertiary/aromatic N) is 4. The lowest BCUT2D eigenvalue weighted by Gasteiger charge is -2.15. The van der Waals surface area contributed by atoms with Crippen LogP contribution in [-0.4, -0.2) is 39.4 Å². The Morgan fingerprint density at radius 3 is 2.81 bits per heavy atom. The second-order valence-corrected chi connectivity index (χ2v) is 5.42. The number of unbranched alkanes of at least 4 members (excludes halogenated alkanes) is 1. The molecule has 6 heteroatoms. The highest BCUT2D eigenvalue weighted by Crippen LogP contribution is 2.15. The normalized spacial score (nSPS) is 10.7. The van der Waals surface area contributed by atoms with Crippen molar-refractivity contribution in [1.82, 2.24) is 19.9 Å². The number of carbonyl (C=O) groups excluding carboxylic acids is 1. The lowest BCUT2D eigenvalue weighted by Crippen LogP contribution is -2.28. The fourth-order valence-corrected chi connectivity index (χ4v) is 2.15. The third-order valence-corrected chi connectivity index (χ3v) is 3.45. The van der Waals surface area contributed by atoms with E-state index in [1.54, 1.807) is 31.0 Å². The molecule has 0 saturated carbocycles. The van der Waals surface area contributed by atoms with E-state index in [4.69, 9.17) is 11.6 Å². The highest BCUT2D eigenvalue weighted by atomic mass is 35.5. The summed E-state index contributed by atoms with van der Waals surface area (Å²) in [6, 6.07) is 7.22. The van der Waals surface area contributed by atoms with Crippen LogP contribution >= 0.6 is 11.6 Å². The third kappa shape index (κ3) is 3.61. The van der Waals surface area contributed by atoms with Crippen molar-refractivity contribution in [2.75, 3.05) is 13.6 Å². The molecule has 1 aromatic heterocycles. The van der Waals surface area contributed by atoms with Crippen molar-refractivity contribution < 1.29 is 4.79 Å². The number of aromatic nitrogens is 3. The first-order chi connectivity index (χ1) is 10.0. The van der Waals surface area contributed by atoms with Gasteiger partial charge in [0, 0.05) is 18.6 Å². The molecule has 1 heterocycles. The molecule has 0 atom stereocenters. The summed E-state index contributed by atoms with van der Waals surface area (Å²) < 4.78 is 0. The molecular weight excluding hydrogens is 288 g/mol. The van der Waals surface area contributed by atoms with E-state index in [9.17, 15) is 4.79 Å². The van der Waals surface area contributed by atoms with Crippen molar-refractivity contribution in [2.45, 2.75) is 26.7 Å². The zero-order valence-corrected chi connectivity index (χ0v) is 13.3. The molecule has 0 fully saturated rings. The average molecular weight is 307 g/mol. The molecule has 2 aromatic rings. The maximum Gasteiger partial charge on any atom is 0.276 e. The number of hydrogen-bond donors (Lipinski definition) is 0. The second-order valence-electron chi connectivity index (χ2n) is 4.98. The van der Waals surface area contributed by atoms with E-state index >= 15 is 0 Å². The van der Waals surface area contributed by atoms with E-state index in [2.05, 4.69) is 17.1 Å². The minimum Gasteiger partial charge on any atom is -0.340 e. The zero-order valence-electron chi connectivity index (χ0n) is 12.5. The van der Waals surface area contributed by atoms with E-state index in [-0.39, 0.29) is 5.91 Å². The summed E-state index contributed by atoms with van der Waals surface area (Å²) in [6.45, 7) is 4.60. The van der Waals surface area contributed by atoms with Crippen LogP contribution in [0.3, 0.4) is 0 Å². The summed E-state index contributed by atoms with van der Waals surface area (Å²) in [5.74, 6) is -0.103. The first-order valence-electron chi connectivity index (χ1n) is 6.98. The number of carbonyl (C=O) groups is 1. The van der Waals surface area contributed by atoms with Crippen molar-refractivity contribution in [2.24, 2.45) is 0 Å². The van der Waals surface area contributed by atoms with Gasteiger partial charge < -0.3 is 4.90 Å². The van der Waals surface area contributed by atoms with Gasteiger partial charge in [0.05, 0.1) is 11.4 Å². The molecular formula is C15H19ClN4O. The quantitative estimate of drug-likeness (QED) is 0.853. The van der Waals surface area contributed by atoms with Gasteiger partial charge in [-0.05, 0) is 31.5 Å². The van der Waals surface area contributed by atoms with Crippen LogP contribution in [0.1, 0.15) is 35.9 Å².